The fourth-order valence-electron chi connectivity index (χ4n) is 2.88. The molecule has 0 atom stereocenters. The minimum atomic E-state index is -0.983. The van der Waals surface area contributed by atoms with Gasteiger partial charge in [-0.05, 0) is 31.7 Å². The molecule has 4 aromatic rings. The van der Waals surface area contributed by atoms with Crippen molar-refractivity contribution in [3.63, 3.8) is 0 Å². The van der Waals surface area contributed by atoms with E-state index < -0.39 is 23.3 Å². The minimum Gasteiger partial charge on any atom is -0.341 e. The van der Waals surface area contributed by atoms with Crippen molar-refractivity contribution >= 4 is 0 Å². The predicted molar refractivity (Wildman–Crippen MR) is 98.5 cm³/mol. The molecular formula is C21H14F3N5Pd. The fraction of sp³-hybridized carbons (Fsp3) is 0.143. The van der Waals surface area contributed by atoms with Gasteiger partial charge in [0.1, 0.15) is 17.8 Å². The summed E-state index contributed by atoms with van der Waals surface area (Å²) in [6.07, 6.45) is 2.65. The van der Waals surface area contributed by atoms with Gasteiger partial charge in [-0.1, -0.05) is 42.1 Å². The van der Waals surface area contributed by atoms with Gasteiger partial charge < -0.3 is 9.67 Å². The van der Waals surface area contributed by atoms with E-state index >= 15 is 0 Å². The minimum absolute atomic E-state index is 0. The quantitative estimate of drug-likeness (QED) is 0.241. The van der Waals surface area contributed by atoms with Gasteiger partial charge in [0, 0.05) is 16.8 Å². The Labute approximate surface area is 184 Å². The molecule has 4 rings (SSSR count). The van der Waals surface area contributed by atoms with Crippen molar-refractivity contribution in [3.05, 3.63) is 90.0 Å². The normalized spacial score (nSPS) is 11.2. The Morgan fingerprint density at radius 1 is 0.867 bits per heavy atom. The van der Waals surface area contributed by atoms with E-state index in [1.54, 1.807) is 30.3 Å². The summed E-state index contributed by atoms with van der Waals surface area (Å²) in [6, 6.07) is 15.0. The average molecular weight is 500 g/mol. The van der Waals surface area contributed by atoms with Gasteiger partial charge in [0.2, 0.25) is 0 Å². The van der Waals surface area contributed by atoms with Crippen molar-refractivity contribution in [3.8, 4) is 17.1 Å². The molecule has 0 radical (unpaired) electrons. The van der Waals surface area contributed by atoms with Crippen LogP contribution in [0.3, 0.4) is 0 Å². The van der Waals surface area contributed by atoms with Crippen LogP contribution in [0.2, 0.25) is 0 Å². The predicted octanol–water partition coefficient (Wildman–Crippen LogP) is 4.07. The maximum Gasteiger partial charge on any atom is 2.00 e. The maximum absolute atomic E-state index is 14.1. The van der Waals surface area contributed by atoms with Crippen LogP contribution in [-0.4, -0.2) is 24.7 Å². The van der Waals surface area contributed by atoms with Crippen LogP contribution in [0.15, 0.2) is 48.5 Å². The average Bonchev–Trinajstić information content (AvgIpc) is 3.14. The van der Waals surface area contributed by atoms with Gasteiger partial charge in [-0.3, -0.25) is 14.4 Å². The number of pyridine rings is 3. The zero-order valence-electron chi connectivity index (χ0n) is 15.8. The topological polar surface area (TPSA) is 56.5 Å². The monoisotopic (exact) mass is 499 g/mol. The molecule has 30 heavy (non-hydrogen) atoms. The molecule has 4 aromatic heterocycles. The van der Waals surface area contributed by atoms with Gasteiger partial charge in [-0.2, -0.15) is 0 Å². The van der Waals surface area contributed by atoms with Gasteiger partial charge >= 0.3 is 20.4 Å². The Balaban J connectivity index is 0.00000256. The van der Waals surface area contributed by atoms with Crippen molar-refractivity contribution in [1.29, 1.82) is 0 Å². The van der Waals surface area contributed by atoms with Gasteiger partial charge in [0.15, 0.2) is 0 Å². The Bertz CT molecular complexity index is 1190. The Morgan fingerprint density at radius 3 is 2.23 bits per heavy atom. The van der Waals surface area contributed by atoms with E-state index in [1.165, 1.54) is 4.68 Å². The molecule has 0 bridgehead atoms. The van der Waals surface area contributed by atoms with E-state index in [9.17, 15) is 13.2 Å². The van der Waals surface area contributed by atoms with Gasteiger partial charge in [-0.15, -0.1) is 12.1 Å². The summed E-state index contributed by atoms with van der Waals surface area (Å²) in [5, 5.41) is 3.68. The van der Waals surface area contributed by atoms with Crippen molar-refractivity contribution in [2.75, 3.05) is 0 Å². The van der Waals surface area contributed by atoms with E-state index in [2.05, 4.69) is 32.3 Å². The second kappa shape index (κ2) is 8.46. The molecule has 4 heterocycles. The molecule has 0 amide bonds. The molecule has 0 aliphatic heterocycles. The second-order valence-electron chi connectivity index (χ2n) is 6.81. The maximum atomic E-state index is 14.1. The first kappa shape index (κ1) is 21.8. The van der Waals surface area contributed by atoms with Gasteiger partial charge in [0.05, 0.1) is 5.82 Å². The van der Waals surface area contributed by atoms with Gasteiger partial charge in [0.25, 0.3) is 0 Å². The Morgan fingerprint density at radius 2 is 1.57 bits per heavy atom. The number of hydrogen-bond acceptors (Lipinski definition) is 4. The first-order chi connectivity index (χ1) is 13.8. The molecule has 0 fully saturated rings. The molecule has 0 spiro atoms. The number of halogens is 3. The SMILES string of the molecule is CC(C)(c1cccc(-c2[c-]cc(F)nc2F)n1)c1cccc(-n2[c-]cc(F)n2)n1.[Pd+2]. The third kappa shape index (κ3) is 4.18. The molecule has 9 heteroatoms. The van der Waals surface area contributed by atoms with E-state index in [1.807, 2.05) is 19.9 Å². The van der Waals surface area contributed by atoms with E-state index in [0.29, 0.717) is 17.2 Å². The molecule has 0 aliphatic carbocycles. The molecule has 0 aliphatic rings. The molecule has 0 aromatic carbocycles. The molecule has 5 nitrogen and oxygen atoms in total. The summed E-state index contributed by atoms with van der Waals surface area (Å²) >= 11 is 0. The standard InChI is InChI=1S/C21H14F3N5.Pd/c1-21(2,16-7-4-8-19(26-16)29-12-11-18(23)28-29)15-6-3-5-14(25-15)13-9-10-17(22)27-20(13)24;/h3-8,10-11H,1-2H3;/q-2;+2. The second-order valence-corrected chi connectivity index (χ2v) is 6.81. The molecule has 0 saturated carbocycles. The van der Waals surface area contributed by atoms with Crippen molar-refractivity contribution < 1.29 is 33.6 Å². The van der Waals surface area contributed by atoms with E-state index in [-0.39, 0.29) is 31.7 Å². The van der Waals surface area contributed by atoms with Crippen LogP contribution in [-0.2, 0) is 25.8 Å². The molecule has 154 valence electrons. The first-order valence-corrected chi connectivity index (χ1v) is 8.67. The van der Waals surface area contributed by atoms with E-state index in [4.69, 9.17) is 0 Å². The van der Waals surface area contributed by atoms with Crippen molar-refractivity contribution in [2.45, 2.75) is 19.3 Å². The van der Waals surface area contributed by atoms with Crippen LogP contribution in [0.4, 0.5) is 13.2 Å². The van der Waals surface area contributed by atoms with Crippen LogP contribution in [0.5, 0.6) is 0 Å². The Kier molecular flexibility index (Phi) is 6.15. The first-order valence-electron chi connectivity index (χ1n) is 8.67. The molecule has 0 unspecified atom stereocenters. The van der Waals surface area contributed by atoms with Crippen LogP contribution >= 0.6 is 0 Å². The summed E-state index contributed by atoms with van der Waals surface area (Å²) in [4.78, 5) is 12.3. The molecule has 0 saturated heterocycles. The third-order valence-electron chi connectivity index (χ3n) is 4.49. The van der Waals surface area contributed by atoms with Crippen LogP contribution in [0.1, 0.15) is 25.2 Å². The summed E-state index contributed by atoms with van der Waals surface area (Å²) in [5.41, 5.74) is 0.825. The number of rotatable bonds is 4. The Hall–Kier alpha value is -2.89. The number of hydrogen-bond donors (Lipinski definition) is 0. The van der Waals surface area contributed by atoms with Crippen LogP contribution < -0.4 is 0 Å². The fourth-order valence-corrected chi connectivity index (χ4v) is 2.88. The summed E-state index contributed by atoms with van der Waals surface area (Å²) in [7, 11) is 0. The van der Waals surface area contributed by atoms with Crippen LogP contribution in [0.25, 0.3) is 17.1 Å². The number of nitrogens with zero attached hydrogens (tertiary/aromatic N) is 5. The van der Waals surface area contributed by atoms with Crippen molar-refractivity contribution in [1.82, 2.24) is 24.7 Å². The molecule has 0 N–H and O–H groups in total. The summed E-state index contributed by atoms with van der Waals surface area (Å²) in [5.74, 6) is -2.19. The summed E-state index contributed by atoms with van der Waals surface area (Å²) in [6.45, 7) is 3.81. The number of aromatic nitrogens is 5. The van der Waals surface area contributed by atoms with Crippen LogP contribution in [0, 0.1) is 30.1 Å². The molecular weight excluding hydrogens is 486 g/mol. The smallest absolute Gasteiger partial charge is 0.341 e. The zero-order valence-corrected chi connectivity index (χ0v) is 17.4. The van der Waals surface area contributed by atoms with Crippen molar-refractivity contribution in [2.24, 2.45) is 0 Å². The summed E-state index contributed by atoms with van der Waals surface area (Å²) < 4.78 is 41.6. The zero-order chi connectivity index (χ0) is 20.6. The van der Waals surface area contributed by atoms with E-state index in [0.717, 1.165) is 12.1 Å². The third-order valence-corrected chi connectivity index (χ3v) is 4.49. The van der Waals surface area contributed by atoms with Gasteiger partial charge in [-0.25, -0.2) is 13.9 Å². The largest absolute Gasteiger partial charge is 2.00 e.